The molecule has 0 spiro atoms. The van der Waals surface area contributed by atoms with Gasteiger partial charge in [-0.3, -0.25) is 4.79 Å². The molecule has 2 rings (SSSR count). The summed E-state index contributed by atoms with van der Waals surface area (Å²) in [4.78, 5) is 11.7. The number of rotatable bonds is 4. The van der Waals surface area contributed by atoms with E-state index in [9.17, 15) is 13.2 Å². The lowest BCUT2D eigenvalue weighted by molar-refractivity contribution is -0.126. The van der Waals surface area contributed by atoms with Crippen LogP contribution < -0.4 is 0 Å². The van der Waals surface area contributed by atoms with Crippen LogP contribution in [0.2, 0.25) is 0 Å². The molecule has 0 unspecified atom stereocenters. The highest BCUT2D eigenvalue weighted by Crippen LogP contribution is 2.36. The molecule has 0 aromatic carbocycles. The van der Waals surface area contributed by atoms with Gasteiger partial charge in [0.25, 0.3) is 0 Å². The Balaban J connectivity index is 2.08. The molecule has 0 aromatic heterocycles. The number of carbonyl (C=O) groups excluding carboxylic acids is 1. The number of nitrogens with zero attached hydrogens (tertiary/aromatic N) is 2. The number of sulfonamides is 1. The fraction of sp³-hybridized carbons (Fsp3) is 0.833. The molecule has 0 radical (unpaired) electrons. The van der Waals surface area contributed by atoms with Crippen molar-refractivity contribution >= 4 is 15.8 Å². The van der Waals surface area contributed by atoms with Gasteiger partial charge in [0.05, 0.1) is 11.8 Å². The van der Waals surface area contributed by atoms with Crippen molar-refractivity contribution in [3.05, 3.63) is 0 Å². The van der Waals surface area contributed by atoms with Gasteiger partial charge < -0.3 is 0 Å². The van der Waals surface area contributed by atoms with Crippen molar-refractivity contribution in [3.8, 4) is 6.07 Å². The Kier molecular flexibility index (Phi) is 4.03. The molecular formula is C12H18N2O3S. The van der Waals surface area contributed by atoms with E-state index in [1.807, 2.05) is 6.07 Å². The predicted molar refractivity (Wildman–Crippen MR) is 66.1 cm³/mol. The van der Waals surface area contributed by atoms with Crippen molar-refractivity contribution in [2.45, 2.75) is 44.6 Å². The minimum Gasteiger partial charge on any atom is -0.299 e. The molecule has 1 saturated heterocycles. The minimum absolute atomic E-state index is 0.0258. The van der Waals surface area contributed by atoms with E-state index in [1.54, 1.807) is 0 Å². The Morgan fingerprint density at radius 1 is 1.39 bits per heavy atom. The molecule has 2 aliphatic rings. The Bertz CT molecular complexity index is 466. The number of Topliss-reactive ketones (excluding diaryl/α,β-unsaturated/α-hetero) is 1. The Morgan fingerprint density at radius 3 is 2.89 bits per heavy atom. The molecule has 0 N–H and O–H groups in total. The van der Waals surface area contributed by atoms with Crippen molar-refractivity contribution < 1.29 is 13.2 Å². The number of ketones is 1. The molecule has 6 heteroatoms. The maximum absolute atomic E-state index is 12.2. The van der Waals surface area contributed by atoms with E-state index in [0.29, 0.717) is 19.4 Å². The van der Waals surface area contributed by atoms with Crippen molar-refractivity contribution in [2.75, 3.05) is 12.3 Å². The van der Waals surface area contributed by atoms with Gasteiger partial charge in [-0.15, -0.1) is 0 Å². The highest BCUT2D eigenvalue weighted by Gasteiger charge is 2.44. The third-order valence-electron chi connectivity index (χ3n) is 3.89. The number of piperidine rings is 1. The third-order valence-corrected chi connectivity index (χ3v) is 5.86. The van der Waals surface area contributed by atoms with Crippen LogP contribution in [0.4, 0.5) is 0 Å². The van der Waals surface area contributed by atoms with Crippen LogP contribution >= 0.6 is 0 Å². The van der Waals surface area contributed by atoms with Crippen molar-refractivity contribution in [3.63, 3.8) is 0 Å². The molecule has 0 aromatic rings. The van der Waals surface area contributed by atoms with Crippen molar-refractivity contribution in [1.29, 1.82) is 5.26 Å². The van der Waals surface area contributed by atoms with E-state index >= 15 is 0 Å². The van der Waals surface area contributed by atoms with Crippen LogP contribution in [0, 0.1) is 17.2 Å². The lowest BCUT2D eigenvalue weighted by Crippen LogP contribution is -2.50. The van der Waals surface area contributed by atoms with E-state index in [0.717, 1.165) is 19.3 Å². The normalized spacial score (nSPS) is 28.9. The monoisotopic (exact) mass is 270 g/mol. The highest BCUT2D eigenvalue weighted by atomic mass is 32.2. The number of nitriles is 1. The molecule has 2 fully saturated rings. The summed E-state index contributed by atoms with van der Waals surface area (Å²) in [5.74, 6) is 0.170. The smallest absolute Gasteiger partial charge is 0.214 e. The zero-order chi connectivity index (χ0) is 13.2. The van der Waals surface area contributed by atoms with Gasteiger partial charge in [-0.05, 0) is 19.3 Å². The molecule has 18 heavy (non-hydrogen) atoms. The van der Waals surface area contributed by atoms with Crippen LogP contribution in [-0.2, 0) is 14.8 Å². The van der Waals surface area contributed by atoms with Gasteiger partial charge in [-0.25, -0.2) is 8.42 Å². The molecule has 2 atom stereocenters. The number of carbonyl (C=O) groups is 1. The fourth-order valence-corrected chi connectivity index (χ4v) is 4.81. The SMILES string of the molecule is N#CCCCS(=O)(=O)N1CCC(=O)[C@H]2CCC[C@@H]21. The first-order chi connectivity index (χ1) is 8.56. The van der Waals surface area contributed by atoms with Crippen LogP contribution in [0.15, 0.2) is 0 Å². The van der Waals surface area contributed by atoms with Gasteiger partial charge in [0, 0.05) is 31.3 Å². The van der Waals surface area contributed by atoms with Gasteiger partial charge >= 0.3 is 0 Å². The lowest BCUT2D eigenvalue weighted by Gasteiger charge is -2.35. The molecular weight excluding hydrogens is 252 g/mol. The standard InChI is InChI=1S/C12H18N2O3S/c13-7-1-2-9-18(16,17)14-8-6-12(15)10-4-3-5-11(10)14/h10-11H,1-6,8-9H2/t10-,11-/m0/s1. The summed E-state index contributed by atoms with van der Waals surface area (Å²) in [5.41, 5.74) is 0. The summed E-state index contributed by atoms with van der Waals surface area (Å²) in [6, 6.07) is 1.85. The van der Waals surface area contributed by atoms with Crippen LogP contribution in [-0.4, -0.2) is 36.8 Å². The maximum atomic E-state index is 12.2. The van der Waals surface area contributed by atoms with Gasteiger partial charge in [0.15, 0.2) is 0 Å². The number of hydrogen-bond acceptors (Lipinski definition) is 4. The van der Waals surface area contributed by atoms with Crippen LogP contribution in [0.25, 0.3) is 0 Å². The molecule has 1 saturated carbocycles. The first kappa shape index (κ1) is 13.5. The van der Waals surface area contributed by atoms with E-state index in [2.05, 4.69) is 0 Å². The molecule has 0 amide bonds. The highest BCUT2D eigenvalue weighted by molar-refractivity contribution is 7.89. The number of hydrogen-bond donors (Lipinski definition) is 0. The quantitative estimate of drug-likeness (QED) is 0.716. The topological polar surface area (TPSA) is 78.2 Å². The average molecular weight is 270 g/mol. The predicted octanol–water partition coefficient (Wildman–Crippen LogP) is 1.06. The summed E-state index contributed by atoms with van der Waals surface area (Å²) < 4.78 is 26.0. The summed E-state index contributed by atoms with van der Waals surface area (Å²) in [6.07, 6.45) is 3.55. The second kappa shape index (κ2) is 5.37. The van der Waals surface area contributed by atoms with Crippen LogP contribution in [0.1, 0.15) is 38.5 Å². The first-order valence-corrected chi connectivity index (χ1v) is 8.06. The average Bonchev–Trinajstić information content (AvgIpc) is 2.79. The van der Waals surface area contributed by atoms with E-state index in [1.165, 1.54) is 4.31 Å². The zero-order valence-electron chi connectivity index (χ0n) is 10.3. The summed E-state index contributed by atoms with van der Waals surface area (Å²) in [5, 5.41) is 8.46. The van der Waals surface area contributed by atoms with Crippen LogP contribution in [0.5, 0.6) is 0 Å². The molecule has 0 bridgehead atoms. The second-order valence-electron chi connectivity index (χ2n) is 5.01. The van der Waals surface area contributed by atoms with E-state index in [-0.39, 0.29) is 29.9 Å². The maximum Gasteiger partial charge on any atom is 0.214 e. The van der Waals surface area contributed by atoms with Crippen molar-refractivity contribution in [2.24, 2.45) is 5.92 Å². The van der Waals surface area contributed by atoms with E-state index < -0.39 is 10.0 Å². The lowest BCUT2D eigenvalue weighted by atomic mass is 9.92. The van der Waals surface area contributed by atoms with Gasteiger partial charge in [0.1, 0.15) is 5.78 Å². The molecule has 1 aliphatic heterocycles. The van der Waals surface area contributed by atoms with E-state index in [4.69, 9.17) is 5.26 Å². The summed E-state index contributed by atoms with van der Waals surface area (Å²) in [7, 11) is -3.30. The van der Waals surface area contributed by atoms with Crippen molar-refractivity contribution in [1.82, 2.24) is 4.31 Å². The number of fused-ring (bicyclic) bond motifs is 1. The second-order valence-corrected chi connectivity index (χ2v) is 7.05. The first-order valence-electron chi connectivity index (χ1n) is 6.45. The molecule has 5 nitrogen and oxygen atoms in total. The summed E-state index contributed by atoms with van der Waals surface area (Å²) in [6.45, 7) is 0.328. The van der Waals surface area contributed by atoms with Gasteiger partial charge in [0.2, 0.25) is 10.0 Å². The molecule has 100 valence electrons. The third kappa shape index (κ3) is 2.57. The Labute approximate surface area is 108 Å². The molecule has 1 aliphatic carbocycles. The Hall–Kier alpha value is -0.930. The van der Waals surface area contributed by atoms with Gasteiger partial charge in [-0.2, -0.15) is 9.57 Å². The zero-order valence-corrected chi connectivity index (χ0v) is 11.2. The van der Waals surface area contributed by atoms with Crippen LogP contribution in [0.3, 0.4) is 0 Å². The van der Waals surface area contributed by atoms with Gasteiger partial charge in [-0.1, -0.05) is 6.42 Å². The fourth-order valence-electron chi connectivity index (χ4n) is 3.03. The minimum atomic E-state index is -3.30. The Morgan fingerprint density at radius 2 is 2.17 bits per heavy atom. The number of unbranched alkanes of at least 4 members (excludes halogenated alkanes) is 1. The largest absolute Gasteiger partial charge is 0.299 e. The summed E-state index contributed by atoms with van der Waals surface area (Å²) >= 11 is 0. The molecule has 1 heterocycles.